The van der Waals surface area contributed by atoms with E-state index >= 15 is 0 Å². The second-order valence-corrected chi connectivity index (χ2v) is 9.10. The molecule has 0 unspecified atom stereocenters. The van der Waals surface area contributed by atoms with Gasteiger partial charge in [-0.25, -0.2) is 8.42 Å². The molecule has 0 spiro atoms. The number of hydrogen-bond acceptors (Lipinski definition) is 5. The Labute approximate surface area is 140 Å². The van der Waals surface area contributed by atoms with Crippen molar-refractivity contribution in [2.24, 2.45) is 0 Å². The van der Waals surface area contributed by atoms with Crippen LogP contribution in [-0.4, -0.2) is 35.9 Å². The second kappa shape index (κ2) is 5.98. The van der Waals surface area contributed by atoms with E-state index in [1.165, 1.54) is 15.6 Å². The van der Waals surface area contributed by atoms with Gasteiger partial charge in [0.15, 0.2) is 0 Å². The van der Waals surface area contributed by atoms with Gasteiger partial charge >= 0.3 is 0 Å². The number of rotatable bonds is 3. The fourth-order valence-corrected chi connectivity index (χ4v) is 5.83. The van der Waals surface area contributed by atoms with Crippen LogP contribution in [0.2, 0.25) is 0 Å². The smallest absolute Gasteiger partial charge is 0.252 e. The summed E-state index contributed by atoms with van der Waals surface area (Å²) >= 11 is 1.24. The van der Waals surface area contributed by atoms with Gasteiger partial charge in [-0.05, 0) is 55.3 Å². The van der Waals surface area contributed by atoms with Crippen molar-refractivity contribution in [2.75, 3.05) is 13.1 Å². The molecule has 1 N–H and O–H groups in total. The Hall–Kier alpha value is -1.28. The minimum Gasteiger partial charge on any atom is -0.383 e. The summed E-state index contributed by atoms with van der Waals surface area (Å²) < 4.78 is 27.3. The molecule has 23 heavy (non-hydrogen) atoms. The first-order valence-electron chi connectivity index (χ1n) is 7.53. The molecule has 0 saturated carbocycles. The molecule has 3 rings (SSSR count). The summed E-state index contributed by atoms with van der Waals surface area (Å²) in [6, 6.07) is 5.55. The standard InChI is InChI=1S/C16H20N2O3S2/c1-12-3-4-14(17-11-12)16(19)6-8-18(9-7-16)23(20,21)15-13(2)5-10-22-15/h3-5,10-11,19H,6-9H2,1-2H3. The molecule has 3 heterocycles. The number of pyridine rings is 1. The van der Waals surface area contributed by atoms with Crippen LogP contribution in [0.25, 0.3) is 0 Å². The van der Waals surface area contributed by atoms with E-state index < -0.39 is 15.6 Å². The van der Waals surface area contributed by atoms with Gasteiger partial charge in [0.05, 0.1) is 5.69 Å². The van der Waals surface area contributed by atoms with Crippen LogP contribution in [0, 0.1) is 13.8 Å². The summed E-state index contributed by atoms with van der Waals surface area (Å²) in [7, 11) is -3.47. The average Bonchev–Trinajstić information content (AvgIpc) is 2.95. The lowest BCUT2D eigenvalue weighted by atomic mass is 9.88. The van der Waals surface area contributed by atoms with E-state index in [9.17, 15) is 13.5 Å². The van der Waals surface area contributed by atoms with Gasteiger partial charge in [-0.15, -0.1) is 11.3 Å². The highest BCUT2D eigenvalue weighted by molar-refractivity contribution is 7.91. The van der Waals surface area contributed by atoms with Gasteiger partial charge < -0.3 is 5.11 Å². The Bertz CT molecular complexity index is 789. The predicted molar refractivity (Wildman–Crippen MR) is 89.9 cm³/mol. The Balaban J connectivity index is 1.78. The van der Waals surface area contributed by atoms with Gasteiger partial charge in [0.25, 0.3) is 10.0 Å². The fourth-order valence-electron chi connectivity index (χ4n) is 2.84. The van der Waals surface area contributed by atoms with Crippen molar-refractivity contribution in [3.05, 3.63) is 46.6 Å². The van der Waals surface area contributed by atoms with Crippen molar-refractivity contribution in [1.82, 2.24) is 9.29 Å². The van der Waals surface area contributed by atoms with Gasteiger partial charge in [-0.3, -0.25) is 4.98 Å². The number of aryl methyl sites for hydroxylation is 2. The van der Waals surface area contributed by atoms with Crippen LogP contribution >= 0.6 is 11.3 Å². The molecule has 124 valence electrons. The van der Waals surface area contributed by atoms with Crippen LogP contribution in [0.1, 0.15) is 29.7 Å². The Morgan fingerprint density at radius 3 is 2.43 bits per heavy atom. The molecule has 1 fully saturated rings. The summed E-state index contributed by atoms with van der Waals surface area (Å²) in [6.07, 6.45) is 2.44. The molecule has 7 heteroatoms. The largest absolute Gasteiger partial charge is 0.383 e. The summed E-state index contributed by atoms with van der Waals surface area (Å²) in [5, 5.41) is 12.6. The number of aliphatic hydroxyl groups is 1. The van der Waals surface area contributed by atoms with E-state index in [0.717, 1.165) is 11.1 Å². The molecule has 1 aliphatic rings. The van der Waals surface area contributed by atoms with Crippen molar-refractivity contribution in [3.63, 3.8) is 0 Å². The highest BCUT2D eigenvalue weighted by Crippen LogP contribution is 2.35. The topological polar surface area (TPSA) is 70.5 Å². The second-order valence-electron chi connectivity index (χ2n) is 6.05. The van der Waals surface area contributed by atoms with E-state index in [-0.39, 0.29) is 0 Å². The molecular formula is C16H20N2O3S2. The minimum atomic E-state index is -3.47. The first-order chi connectivity index (χ1) is 10.8. The highest BCUT2D eigenvalue weighted by atomic mass is 32.2. The van der Waals surface area contributed by atoms with Gasteiger partial charge in [-0.2, -0.15) is 4.31 Å². The van der Waals surface area contributed by atoms with Crippen LogP contribution in [0.4, 0.5) is 0 Å². The number of thiophene rings is 1. The lowest BCUT2D eigenvalue weighted by molar-refractivity contribution is -0.0134. The molecule has 0 aromatic carbocycles. The van der Waals surface area contributed by atoms with Gasteiger partial charge in [0.2, 0.25) is 0 Å². The van der Waals surface area contributed by atoms with Crippen LogP contribution in [0.5, 0.6) is 0 Å². The van der Waals surface area contributed by atoms with Crippen molar-refractivity contribution in [3.8, 4) is 0 Å². The quantitative estimate of drug-likeness (QED) is 0.921. The van der Waals surface area contributed by atoms with E-state index in [1.54, 1.807) is 18.5 Å². The SMILES string of the molecule is Cc1ccc(C2(O)CCN(S(=O)(=O)c3sccc3C)CC2)nc1. The number of nitrogens with zero attached hydrogens (tertiary/aromatic N) is 2. The van der Waals surface area contributed by atoms with Crippen LogP contribution in [0.3, 0.4) is 0 Å². The highest BCUT2D eigenvalue weighted by Gasteiger charge is 2.39. The number of hydrogen-bond donors (Lipinski definition) is 1. The molecule has 0 bridgehead atoms. The third-order valence-electron chi connectivity index (χ3n) is 4.33. The van der Waals surface area contributed by atoms with Crippen molar-refractivity contribution >= 4 is 21.4 Å². The summed E-state index contributed by atoms with van der Waals surface area (Å²) in [5.74, 6) is 0. The summed E-state index contributed by atoms with van der Waals surface area (Å²) in [4.78, 5) is 4.31. The average molecular weight is 352 g/mol. The maximum absolute atomic E-state index is 12.7. The molecule has 2 aromatic rings. The van der Waals surface area contributed by atoms with Gasteiger partial charge in [0.1, 0.15) is 9.81 Å². The zero-order valence-electron chi connectivity index (χ0n) is 13.2. The first-order valence-corrected chi connectivity index (χ1v) is 9.85. The zero-order chi connectivity index (χ0) is 16.7. The van der Waals surface area contributed by atoms with E-state index in [4.69, 9.17) is 0 Å². The number of aromatic nitrogens is 1. The Morgan fingerprint density at radius 1 is 1.22 bits per heavy atom. The van der Waals surface area contributed by atoms with Crippen molar-refractivity contribution in [2.45, 2.75) is 36.5 Å². The normalized spacial score (nSPS) is 18.9. The lowest BCUT2D eigenvalue weighted by Gasteiger charge is -2.37. The van der Waals surface area contributed by atoms with E-state index in [1.807, 2.05) is 25.1 Å². The van der Waals surface area contributed by atoms with Crippen LogP contribution < -0.4 is 0 Å². The summed E-state index contributed by atoms with van der Waals surface area (Å²) in [6.45, 7) is 4.34. The molecule has 0 aliphatic carbocycles. The molecule has 1 saturated heterocycles. The number of piperidine rings is 1. The van der Waals surface area contributed by atoms with Crippen molar-refractivity contribution < 1.29 is 13.5 Å². The zero-order valence-corrected chi connectivity index (χ0v) is 14.8. The fraction of sp³-hybridized carbons (Fsp3) is 0.438. The molecule has 0 amide bonds. The molecule has 0 radical (unpaired) electrons. The maximum Gasteiger partial charge on any atom is 0.252 e. The predicted octanol–water partition coefficient (Wildman–Crippen LogP) is 2.43. The Kier molecular flexibility index (Phi) is 4.31. The number of sulfonamides is 1. The molecule has 2 aromatic heterocycles. The molecule has 5 nitrogen and oxygen atoms in total. The Morgan fingerprint density at radius 2 is 1.91 bits per heavy atom. The van der Waals surface area contributed by atoms with E-state index in [2.05, 4.69) is 4.98 Å². The molecule has 0 atom stereocenters. The van der Waals surface area contributed by atoms with Crippen LogP contribution in [-0.2, 0) is 15.6 Å². The molecule has 1 aliphatic heterocycles. The molecular weight excluding hydrogens is 332 g/mol. The third kappa shape index (κ3) is 3.06. The summed E-state index contributed by atoms with van der Waals surface area (Å²) in [5.41, 5.74) is 1.37. The van der Waals surface area contributed by atoms with Gasteiger partial charge in [0, 0.05) is 19.3 Å². The third-order valence-corrected chi connectivity index (χ3v) is 7.89. The monoisotopic (exact) mass is 352 g/mol. The van der Waals surface area contributed by atoms with Crippen LogP contribution in [0.15, 0.2) is 34.0 Å². The van der Waals surface area contributed by atoms with E-state index in [0.29, 0.717) is 35.8 Å². The lowest BCUT2D eigenvalue weighted by Crippen LogP contribution is -2.45. The van der Waals surface area contributed by atoms with Gasteiger partial charge in [-0.1, -0.05) is 6.07 Å². The maximum atomic E-state index is 12.7. The first kappa shape index (κ1) is 16.6. The van der Waals surface area contributed by atoms with Crippen molar-refractivity contribution in [1.29, 1.82) is 0 Å². The minimum absolute atomic E-state index is 0.297.